The second kappa shape index (κ2) is 6.32. The Labute approximate surface area is 110 Å². The molecule has 0 radical (unpaired) electrons. The summed E-state index contributed by atoms with van der Waals surface area (Å²) in [4.78, 5) is 12.4. The van der Waals surface area contributed by atoms with E-state index in [0.717, 1.165) is 29.2 Å². The Morgan fingerprint density at radius 2 is 2.39 bits per heavy atom. The molecule has 0 aliphatic rings. The molecule has 96 valence electrons. The van der Waals surface area contributed by atoms with Gasteiger partial charge in [0.05, 0.1) is 11.1 Å². The van der Waals surface area contributed by atoms with Crippen LogP contribution >= 0.6 is 11.3 Å². The molecule has 0 unspecified atom stereocenters. The summed E-state index contributed by atoms with van der Waals surface area (Å²) < 4.78 is 0. The number of aromatic amines is 1. The van der Waals surface area contributed by atoms with Crippen LogP contribution in [-0.2, 0) is 6.54 Å². The molecular weight excluding hydrogens is 248 g/mol. The Morgan fingerprint density at radius 3 is 3.06 bits per heavy atom. The first-order chi connectivity index (χ1) is 8.77. The lowest BCUT2D eigenvalue weighted by atomic mass is 10.2. The monoisotopic (exact) mass is 264 g/mol. The lowest BCUT2D eigenvalue weighted by Gasteiger charge is -2.05. The van der Waals surface area contributed by atoms with Gasteiger partial charge in [0.1, 0.15) is 0 Å². The number of hydrogen-bond acceptors (Lipinski definition) is 4. The molecule has 2 heterocycles. The number of thiophene rings is 1. The lowest BCUT2D eigenvalue weighted by Crippen LogP contribution is -2.31. The normalized spacial score (nSPS) is 10.5. The molecule has 3 N–H and O–H groups in total. The number of amides is 1. The highest BCUT2D eigenvalue weighted by Gasteiger charge is 2.04. The van der Waals surface area contributed by atoms with Crippen LogP contribution in [0, 0.1) is 6.92 Å². The molecule has 18 heavy (non-hydrogen) atoms. The number of aromatic nitrogens is 2. The number of carbonyl (C=O) groups excluding carboxylic acids is 1. The molecule has 0 bridgehead atoms. The predicted molar refractivity (Wildman–Crippen MR) is 71.7 cm³/mol. The van der Waals surface area contributed by atoms with Crippen LogP contribution in [0.3, 0.4) is 0 Å². The van der Waals surface area contributed by atoms with Crippen LogP contribution in [0.2, 0.25) is 0 Å². The van der Waals surface area contributed by atoms with Crippen molar-refractivity contribution in [3.8, 4) is 0 Å². The first kappa shape index (κ1) is 12.8. The van der Waals surface area contributed by atoms with Crippen LogP contribution < -0.4 is 10.6 Å². The molecule has 0 aliphatic heterocycles. The molecular formula is C12H16N4OS. The molecule has 0 atom stereocenters. The summed E-state index contributed by atoms with van der Waals surface area (Å²) in [6.45, 7) is 4.11. The van der Waals surface area contributed by atoms with Crippen LogP contribution in [0.25, 0.3) is 0 Å². The fraction of sp³-hybridized carbons (Fsp3) is 0.333. The van der Waals surface area contributed by atoms with Crippen LogP contribution in [-0.4, -0.2) is 29.2 Å². The minimum Gasteiger partial charge on any atom is -0.350 e. The Morgan fingerprint density at radius 1 is 1.50 bits per heavy atom. The van der Waals surface area contributed by atoms with Gasteiger partial charge in [-0.1, -0.05) is 6.07 Å². The molecule has 0 fully saturated rings. The van der Waals surface area contributed by atoms with Crippen molar-refractivity contribution >= 4 is 17.2 Å². The van der Waals surface area contributed by atoms with Crippen LogP contribution in [0.1, 0.15) is 20.9 Å². The van der Waals surface area contributed by atoms with Gasteiger partial charge in [0.2, 0.25) is 0 Å². The van der Waals surface area contributed by atoms with Gasteiger partial charge in [-0.15, -0.1) is 11.3 Å². The van der Waals surface area contributed by atoms with E-state index in [1.165, 1.54) is 11.3 Å². The third-order valence-corrected chi connectivity index (χ3v) is 3.45. The summed E-state index contributed by atoms with van der Waals surface area (Å²) in [5.74, 6) is -0.00806. The van der Waals surface area contributed by atoms with E-state index in [1.807, 2.05) is 30.6 Å². The highest BCUT2D eigenvalue weighted by atomic mass is 32.1. The summed E-state index contributed by atoms with van der Waals surface area (Å²) in [6.07, 6.45) is 1.81. The summed E-state index contributed by atoms with van der Waals surface area (Å²) in [7, 11) is 0. The summed E-state index contributed by atoms with van der Waals surface area (Å²) in [6, 6.07) is 3.70. The Kier molecular flexibility index (Phi) is 4.49. The molecule has 2 aromatic rings. The largest absolute Gasteiger partial charge is 0.350 e. The lowest BCUT2D eigenvalue weighted by molar-refractivity contribution is 0.0958. The van der Waals surface area contributed by atoms with E-state index in [1.54, 1.807) is 0 Å². The van der Waals surface area contributed by atoms with E-state index in [9.17, 15) is 4.79 Å². The molecule has 0 spiro atoms. The van der Waals surface area contributed by atoms with Gasteiger partial charge >= 0.3 is 0 Å². The summed E-state index contributed by atoms with van der Waals surface area (Å²) >= 11 is 1.45. The first-order valence-electron chi connectivity index (χ1n) is 5.78. The molecule has 1 amide bonds. The number of carbonyl (C=O) groups is 1. The van der Waals surface area contributed by atoms with Crippen molar-refractivity contribution in [1.82, 2.24) is 20.8 Å². The number of nitrogens with zero attached hydrogens (tertiary/aromatic N) is 1. The van der Waals surface area contributed by atoms with Crippen LogP contribution in [0.5, 0.6) is 0 Å². The highest BCUT2D eigenvalue weighted by molar-refractivity contribution is 7.12. The molecule has 6 heteroatoms. The molecule has 0 aliphatic carbocycles. The van der Waals surface area contributed by atoms with Gasteiger partial charge in [0.15, 0.2) is 0 Å². The van der Waals surface area contributed by atoms with Crippen molar-refractivity contribution in [3.05, 3.63) is 39.8 Å². The SMILES string of the molecule is Cc1[nH]ncc1CNCCNC(=O)c1cccs1. The van der Waals surface area contributed by atoms with Crippen molar-refractivity contribution in [2.24, 2.45) is 0 Å². The van der Waals surface area contributed by atoms with Crippen molar-refractivity contribution in [2.75, 3.05) is 13.1 Å². The zero-order valence-electron chi connectivity index (χ0n) is 10.2. The minimum absolute atomic E-state index is 0.00806. The average molecular weight is 264 g/mol. The van der Waals surface area contributed by atoms with Gasteiger partial charge < -0.3 is 10.6 Å². The maximum Gasteiger partial charge on any atom is 0.261 e. The van der Waals surface area contributed by atoms with Crippen molar-refractivity contribution < 1.29 is 4.79 Å². The van der Waals surface area contributed by atoms with Crippen molar-refractivity contribution in [2.45, 2.75) is 13.5 Å². The topological polar surface area (TPSA) is 69.8 Å². The molecule has 0 saturated heterocycles. The minimum atomic E-state index is -0.00806. The fourth-order valence-corrected chi connectivity index (χ4v) is 2.18. The van der Waals surface area contributed by atoms with E-state index in [-0.39, 0.29) is 5.91 Å². The van der Waals surface area contributed by atoms with Crippen molar-refractivity contribution in [1.29, 1.82) is 0 Å². The van der Waals surface area contributed by atoms with E-state index in [4.69, 9.17) is 0 Å². The van der Waals surface area contributed by atoms with Crippen LogP contribution in [0.15, 0.2) is 23.7 Å². The van der Waals surface area contributed by atoms with E-state index < -0.39 is 0 Å². The Balaban J connectivity index is 1.62. The van der Waals surface area contributed by atoms with Gasteiger partial charge in [0.25, 0.3) is 5.91 Å². The third-order valence-electron chi connectivity index (χ3n) is 2.58. The zero-order chi connectivity index (χ0) is 12.8. The van der Waals surface area contributed by atoms with Gasteiger partial charge in [-0.2, -0.15) is 5.10 Å². The van der Waals surface area contributed by atoms with E-state index in [2.05, 4.69) is 20.8 Å². The molecule has 0 saturated carbocycles. The zero-order valence-corrected chi connectivity index (χ0v) is 11.0. The summed E-state index contributed by atoms with van der Waals surface area (Å²) in [5, 5.41) is 14.9. The van der Waals surface area contributed by atoms with E-state index >= 15 is 0 Å². The van der Waals surface area contributed by atoms with Gasteiger partial charge in [-0.25, -0.2) is 0 Å². The maximum absolute atomic E-state index is 11.6. The smallest absolute Gasteiger partial charge is 0.261 e. The highest BCUT2D eigenvalue weighted by Crippen LogP contribution is 2.07. The van der Waals surface area contributed by atoms with Gasteiger partial charge in [-0.05, 0) is 18.4 Å². The Hall–Kier alpha value is -1.66. The van der Waals surface area contributed by atoms with E-state index in [0.29, 0.717) is 6.54 Å². The second-order valence-electron chi connectivity index (χ2n) is 3.93. The number of H-pyrrole nitrogens is 1. The van der Waals surface area contributed by atoms with Crippen LogP contribution in [0.4, 0.5) is 0 Å². The van der Waals surface area contributed by atoms with Gasteiger partial charge in [0, 0.05) is 30.9 Å². The molecule has 5 nitrogen and oxygen atoms in total. The van der Waals surface area contributed by atoms with Gasteiger partial charge in [-0.3, -0.25) is 9.89 Å². The second-order valence-corrected chi connectivity index (χ2v) is 4.88. The molecule has 2 aromatic heterocycles. The fourth-order valence-electron chi connectivity index (χ4n) is 1.54. The number of hydrogen-bond donors (Lipinski definition) is 3. The quantitative estimate of drug-likeness (QED) is 0.689. The average Bonchev–Trinajstić information content (AvgIpc) is 3.00. The van der Waals surface area contributed by atoms with Crippen molar-refractivity contribution in [3.63, 3.8) is 0 Å². The molecule has 0 aromatic carbocycles. The number of aryl methyl sites for hydroxylation is 1. The molecule has 2 rings (SSSR count). The number of nitrogens with one attached hydrogen (secondary N) is 3. The number of rotatable bonds is 6. The third kappa shape index (κ3) is 3.41. The Bertz CT molecular complexity index is 492. The standard InChI is InChI=1S/C12H16N4OS/c1-9-10(8-15-16-9)7-13-4-5-14-12(17)11-3-2-6-18-11/h2-3,6,8,13H,4-5,7H2,1H3,(H,14,17)(H,15,16). The maximum atomic E-state index is 11.6. The first-order valence-corrected chi connectivity index (χ1v) is 6.66. The predicted octanol–water partition coefficient (Wildman–Crippen LogP) is 1.30. The summed E-state index contributed by atoms with van der Waals surface area (Å²) in [5.41, 5.74) is 2.23.